The lowest BCUT2D eigenvalue weighted by molar-refractivity contribution is -0.133. The van der Waals surface area contributed by atoms with Gasteiger partial charge in [0.15, 0.2) is 17.2 Å². The number of rotatable bonds is 4. The lowest BCUT2D eigenvalue weighted by Crippen LogP contribution is -2.33. The van der Waals surface area contributed by atoms with Gasteiger partial charge >= 0.3 is 5.97 Å². The summed E-state index contributed by atoms with van der Waals surface area (Å²) in [6.45, 7) is 0.823. The van der Waals surface area contributed by atoms with Crippen molar-refractivity contribution in [3.05, 3.63) is 35.7 Å². The minimum absolute atomic E-state index is 0.0375. The molecule has 0 aliphatic carbocycles. The van der Waals surface area contributed by atoms with Crippen LogP contribution in [0.1, 0.15) is 34.9 Å². The average molecular weight is 344 g/mol. The maximum Gasteiger partial charge on any atom is 0.358 e. The smallest absolute Gasteiger partial charge is 0.358 e. The lowest BCUT2D eigenvalue weighted by Gasteiger charge is -2.25. The number of amides is 1. The summed E-state index contributed by atoms with van der Waals surface area (Å²) in [7, 11) is 0. The number of carbonyl (C=O) groups is 2. The summed E-state index contributed by atoms with van der Waals surface area (Å²) in [6, 6.07) is 5.68. The number of likely N-dealkylation sites (tertiary alicyclic amines) is 1. The summed E-state index contributed by atoms with van der Waals surface area (Å²) < 4.78 is 12.0. The zero-order chi connectivity index (χ0) is 17.4. The molecule has 9 nitrogen and oxygen atoms in total. The van der Waals surface area contributed by atoms with Crippen molar-refractivity contribution < 1.29 is 24.2 Å². The molecule has 4 rings (SSSR count). The fourth-order valence-electron chi connectivity index (χ4n) is 3.24. The predicted molar refractivity (Wildman–Crippen MR) is 83.2 cm³/mol. The molecule has 130 valence electrons. The van der Waals surface area contributed by atoms with Crippen LogP contribution >= 0.6 is 0 Å². The number of carbonyl (C=O) groups excluding carboxylic acids is 1. The third-order valence-corrected chi connectivity index (χ3v) is 4.41. The second-order valence-corrected chi connectivity index (χ2v) is 5.96. The minimum atomic E-state index is -1.17. The molecule has 1 aromatic carbocycles. The van der Waals surface area contributed by atoms with Crippen molar-refractivity contribution in [1.82, 2.24) is 19.9 Å². The number of benzene rings is 1. The minimum Gasteiger partial charge on any atom is -0.476 e. The summed E-state index contributed by atoms with van der Waals surface area (Å²) in [4.78, 5) is 25.3. The topological polar surface area (TPSA) is 107 Å². The van der Waals surface area contributed by atoms with E-state index in [9.17, 15) is 9.59 Å². The van der Waals surface area contributed by atoms with Gasteiger partial charge in [-0.05, 0) is 30.5 Å². The molecule has 1 atom stereocenters. The Bertz CT molecular complexity index is 834. The highest BCUT2D eigenvalue weighted by molar-refractivity contribution is 5.84. The molecule has 1 N–H and O–H groups in total. The zero-order valence-corrected chi connectivity index (χ0v) is 13.3. The number of aromatic carboxylic acids is 1. The Hall–Kier alpha value is -3.10. The van der Waals surface area contributed by atoms with Crippen molar-refractivity contribution in [1.29, 1.82) is 0 Å². The largest absolute Gasteiger partial charge is 0.476 e. The lowest BCUT2D eigenvalue weighted by atomic mass is 10.0. The first-order valence-corrected chi connectivity index (χ1v) is 7.94. The summed E-state index contributed by atoms with van der Waals surface area (Å²) in [5.41, 5.74) is 0.821. The van der Waals surface area contributed by atoms with Gasteiger partial charge in [0.25, 0.3) is 0 Å². The number of carboxylic acid groups (broad SMARTS) is 1. The van der Waals surface area contributed by atoms with Gasteiger partial charge in [0.2, 0.25) is 12.7 Å². The second-order valence-electron chi connectivity index (χ2n) is 5.96. The molecule has 0 spiro atoms. The van der Waals surface area contributed by atoms with Crippen molar-refractivity contribution in [2.75, 3.05) is 13.3 Å². The van der Waals surface area contributed by atoms with Crippen LogP contribution in [0.25, 0.3) is 0 Å². The van der Waals surface area contributed by atoms with Gasteiger partial charge in [-0.1, -0.05) is 11.3 Å². The molecule has 1 amide bonds. The second kappa shape index (κ2) is 6.08. The Morgan fingerprint density at radius 3 is 2.92 bits per heavy atom. The van der Waals surface area contributed by atoms with E-state index in [1.807, 2.05) is 18.2 Å². The Balaban J connectivity index is 1.50. The van der Waals surface area contributed by atoms with E-state index < -0.39 is 5.97 Å². The number of ether oxygens (including phenoxy) is 2. The molecule has 3 heterocycles. The molecule has 9 heteroatoms. The maximum absolute atomic E-state index is 12.6. The highest BCUT2D eigenvalue weighted by Crippen LogP contribution is 2.38. The number of fused-ring (bicyclic) bond motifs is 1. The molecule has 0 saturated carbocycles. The number of carboxylic acids is 1. The van der Waals surface area contributed by atoms with Crippen molar-refractivity contribution in [2.24, 2.45) is 0 Å². The Morgan fingerprint density at radius 1 is 1.28 bits per heavy atom. The fraction of sp³-hybridized carbons (Fsp3) is 0.375. The molecular formula is C16H16N4O5. The van der Waals surface area contributed by atoms with Crippen LogP contribution in [0.15, 0.2) is 24.4 Å². The predicted octanol–water partition coefficient (Wildman–Crippen LogP) is 1.07. The van der Waals surface area contributed by atoms with Gasteiger partial charge in [-0.3, -0.25) is 4.79 Å². The van der Waals surface area contributed by atoms with E-state index in [0.29, 0.717) is 18.0 Å². The molecule has 1 saturated heterocycles. The van der Waals surface area contributed by atoms with E-state index in [-0.39, 0.29) is 31.0 Å². The number of hydrogen-bond donors (Lipinski definition) is 1. The van der Waals surface area contributed by atoms with Crippen LogP contribution in [-0.2, 0) is 11.3 Å². The van der Waals surface area contributed by atoms with Crippen molar-refractivity contribution in [3.8, 4) is 11.5 Å². The first-order chi connectivity index (χ1) is 12.1. The molecule has 1 unspecified atom stereocenters. The molecule has 1 aromatic heterocycles. The van der Waals surface area contributed by atoms with Gasteiger partial charge in [-0.15, -0.1) is 5.10 Å². The van der Waals surface area contributed by atoms with Gasteiger partial charge in [0.05, 0.1) is 12.2 Å². The van der Waals surface area contributed by atoms with Crippen LogP contribution in [0.3, 0.4) is 0 Å². The van der Waals surface area contributed by atoms with Crippen LogP contribution in [0.2, 0.25) is 0 Å². The van der Waals surface area contributed by atoms with Crippen molar-refractivity contribution in [3.63, 3.8) is 0 Å². The number of aromatic nitrogens is 3. The Labute approximate surface area is 142 Å². The van der Waals surface area contributed by atoms with Crippen LogP contribution in [0, 0.1) is 0 Å². The van der Waals surface area contributed by atoms with E-state index in [4.69, 9.17) is 14.6 Å². The van der Waals surface area contributed by atoms with Gasteiger partial charge in [0.1, 0.15) is 6.54 Å². The van der Waals surface area contributed by atoms with Gasteiger partial charge < -0.3 is 19.5 Å². The quantitative estimate of drug-likeness (QED) is 0.884. The summed E-state index contributed by atoms with van der Waals surface area (Å²) in [5, 5.41) is 16.1. The van der Waals surface area contributed by atoms with E-state index in [1.165, 1.54) is 10.9 Å². The summed E-state index contributed by atoms with van der Waals surface area (Å²) in [6.07, 6.45) is 3.03. The van der Waals surface area contributed by atoms with E-state index >= 15 is 0 Å². The molecule has 0 bridgehead atoms. The molecular weight excluding hydrogens is 328 g/mol. The number of nitrogens with zero attached hydrogens (tertiary/aromatic N) is 4. The van der Waals surface area contributed by atoms with Crippen molar-refractivity contribution in [2.45, 2.75) is 25.4 Å². The standard InChI is InChI=1S/C16H16N4O5/c21-15(8-19-7-11(16(22)23)17-18-19)20-5-1-2-12(20)10-3-4-13-14(6-10)25-9-24-13/h3-4,6-7,12H,1-2,5,8-9H2,(H,22,23). The summed E-state index contributed by atoms with van der Waals surface area (Å²) >= 11 is 0. The maximum atomic E-state index is 12.6. The molecule has 2 aliphatic rings. The fourth-order valence-corrected chi connectivity index (χ4v) is 3.24. The Kier molecular flexibility index (Phi) is 3.75. The SMILES string of the molecule is O=C(O)c1cn(CC(=O)N2CCCC2c2ccc3c(c2)OCO3)nn1. The first-order valence-electron chi connectivity index (χ1n) is 7.94. The van der Waals surface area contributed by atoms with Crippen LogP contribution in [-0.4, -0.2) is 50.2 Å². The van der Waals surface area contributed by atoms with E-state index in [1.54, 1.807) is 4.90 Å². The molecule has 1 fully saturated rings. The van der Waals surface area contributed by atoms with Crippen LogP contribution < -0.4 is 9.47 Å². The molecule has 0 radical (unpaired) electrons. The molecule has 2 aliphatic heterocycles. The number of hydrogen-bond acceptors (Lipinski definition) is 6. The zero-order valence-electron chi connectivity index (χ0n) is 13.3. The third kappa shape index (κ3) is 2.88. The highest BCUT2D eigenvalue weighted by atomic mass is 16.7. The highest BCUT2D eigenvalue weighted by Gasteiger charge is 2.31. The monoisotopic (exact) mass is 344 g/mol. The Morgan fingerprint density at radius 2 is 2.12 bits per heavy atom. The van der Waals surface area contributed by atoms with E-state index in [2.05, 4.69) is 10.3 Å². The molecule has 25 heavy (non-hydrogen) atoms. The molecule has 2 aromatic rings. The average Bonchev–Trinajstić information content (AvgIpc) is 3.33. The van der Waals surface area contributed by atoms with Crippen molar-refractivity contribution >= 4 is 11.9 Å². The van der Waals surface area contributed by atoms with E-state index in [0.717, 1.165) is 18.4 Å². The first kappa shape index (κ1) is 15.4. The van der Waals surface area contributed by atoms with Gasteiger partial charge in [-0.2, -0.15) is 0 Å². The van der Waals surface area contributed by atoms with Crippen LogP contribution in [0.4, 0.5) is 0 Å². The normalized spacial score (nSPS) is 18.6. The summed E-state index contributed by atoms with van der Waals surface area (Å²) in [5.74, 6) is 0.114. The van der Waals surface area contributed by atoms with Gasteiger partial charge in [0, 0.05) is 6.54 Å². The van der Waals surface area contributed by atoms with Crippen LogP contribution in [0.5, 0.6) is 11.5 Å². The third-order valence-electron chi connectivity index (χ3n) is 4.41. The van der Waals surface area contributed by atoms with Gasteiger partial charge in [-0.25, -0.2) is 9.48 Å².